The number of hydrogen-bond donors (Lipinski definition) is 1. The van der Waals surface area contributed by atoms with Crippen LogP contribution in [0.3, 0.4) is 0 Å². The molecule has 18 heavy (non-hydrogen) atoms. The molecule has 0 aliphatic heterocycles. The van der Waals surface area contributed by atoms with Gasteiger partial charge in [-0.2, -0.15) is 5.10 Å². The van der Waals surface area contributed by atoms with Gasteiger partial charge in [0.15, 0.2) is 0 Å². The van der Waals surface area contributed by atoms with Crippen molar-refractivity contribution < 1.29 is 14.3 Å². The Morgan fingerprint density at radius 3 is 2.61 bits per heavy atom. The maximum atomic E-state index is 11.5. The molecule has 0 unspecified atom stereocenters. The van der Waals surface area contributed by atoms with Crippen molar-refractivity contribution in [2.75, 3.05) is 25.6 Å². The lowest BCUT2D eigenvalue weighted by molar-refractivity contribution is -0.146. The van der Waals surface area contributed by atoms with E-state index in [0.717, 1.165) is 17.8 Å². The number of anilines is 1. The highest BCUT2D eigenvalue weighted by atomic mass is 16.6. The number of nitrogens with zero attached hydrogens (tertiary/aromatic N) is 2. The van der Waals surface area contributed by atoms with Gasteiger partial charge in [-0.3, -0.25) is 9.48 Å². The van der Waals surface area contributed by atoms with E-state index in [2.05, 4.69) is 5.10 Å². The molecule has 1 aromatic rings. The van der Waals surface area contributed by atoms with Crippen molar-refractivity contribution in [3.63, 3.8) is 0 Å². The molecule has 6 nitrogen and oxygen atoms in total. The van der Waals surface area contributed by atoms with Crippen LogP contribution in [0.4, 0.5) is 5.69 Å². The van der Waals surface area contributed by atoms with Crippen LogP contribution in [0.5, 0.6) is 0 Å². The van der Waals surface area contributed by atoms with Crippen molar-refractivity contribution in [2.45, 2.75) is 33.7 Å². The van der Waals surface area contributed by atoms with Gasteiger partial charge < -0.3 is 15.2 Å². The van der Waals surface area contributed by atoms with Crippen molar-refractivity contribution in [3.8, 4) is 0 Å². The highest BCUT2D eigenvalue weighted by Crippen LogP contribution is 2.14. The Bertz CT molecular complexity index is 402. The Balaban J connectivity index is 2.33. The van der Waals surface area contributed by atoms with E-state index in [1.807, 2.05) is 20.8 Å². The summed E-state index contributed by atoms with van der Waals surface area (Å²) in [4.78, 5) is 11.5. The van der Waals surface area contributed by atoms with Gasteiger partial charge >= 0.3 is 5.97 Å². The zero-order valence-electron chi connectivity index (χ0n) is 11.2. The lowest BCUT2D eigenvalue weighted by atomic mass is 10.3. The predicted molar refractivity (Wildman–Crippen MR) is 68.2 cm³/mol. The fourth-order valence-corrected chi connectivity index (χ4v) is 1.49. The van der Waals surface area contributed by atoms with Crippen molar-refractivity contribution in [1.82, 2.24) is 9.78 Å². The van der Waals surface area contributed by atoms with Crippen LogP contribution in [0, 0.1) is 13.8 Å². The van der Waals surface area contributed by atoms with Crippen LogP contribution < -0.4 is 5.73 Å². The van der Waals surface area contributed by atoms with Gasteiger partial charge in [0.25, 0.3) is 0 Å². The average molecular weight is 255 g/mol. The number of nitrogen functional groups attached to an aromatic ring is 1. The van der Waals surface area contributed by atoms with Crippen molar-refractivity contribution >= 4 is 11.7 Å². The summed E-state index contributed by atoms with van der Waals surface area (Å²) in [6.07, 6.45) is 0.957. The molecule has 0 saturated heterocycles. The zero-order valence-corrected chi connectivity index (χ0v) is 11.2. The smallest absolute Gasteiger partial charge is 0.327 e. The van der Waals surface area contributed by atoms with Crippen LogP contribution in [0.2, 0.25) is 0 Å². The molecular weight excluding hydrogens is 234 g/mol. The van der Waals surface area contributed by atoms with E-state index in [0.29, 0.717) is 18.9 Å². The predicted octanol–water partition coefficient (Wildman–Crippen LogP) is 1.05. The summed E-state index contributed by atoms with van der Waals surface area (Å²) < 4.78 is 11.8. The number of esters is 1. The van der Waals surface area contributed by atoms with Gasteiger partial charge in [-0.15, -0.1) is 0 Å². The number of nitrogens with two attached hydrogens (primary N) is 1. The second-order valence-electron chi connectivity index (χ2n) is 4.07. The largest absolute Gasteiger partial charge is 0.462 e. The first-order valence-electron chi connectivity index (χ1n) is 6.09. The van der Waals surface area contributed by atoms with Crippen LogP contribution >= 0.6 is 0 Å². The van der Waals surface area contributed by atoms with E-state index in [9.17, 15) is 4.79 Å². The third-order valence-electron chi connectivity index (χ3n) is 2.56. The second-order valence-corrected chi connectivity index (χ2v) is 4.07. The summed E-state index contributed by atoms with van der Waals surface area (Å²) in [5, 5.41) is 4.17. The Labute approximate surface area is 107 Å². The van der Waals surface area contributed by atoms with Gasteiger partial charge in [0.1, 0.15) is 13.2 Å². The molecule has 102 valence electrons. The normalized spacial score (nSPS) is 10.6. The molecule has 0 fully saturated rings. The number of carbonyl (C=O) groups excluding carboxylic acids is 1. The number of carbonyl (C=O) groups is 1. The van der Waals surface area contributed by atoms with Crippen LogP contribution in [-0.2, 0) is 20.8 Å². The highest BCUT2D eigenvalue weighted by Gasteiger charge is 2.11. The number of rotatable bonds is 7. The Kier molecular flexibility index (Phi) is 5.64. The minimum Gasteiger partial charge on any atom is -0.462 e. The summed E-state index contributed by atoms with van der Waals surface area (Å²) in [6, 6.07) is 0. The lowest BCUT2D eigenvalue weighted by Gasteiger charge is -2.06. The third-order valence-corrected chi connectivity index (χ3v) is 2.56. The van der Waals surface area contributed by atoms with Crippen LogP contribution in [-0.4, -0.2) is 35.6 Å². The monoisotopic (exact) mass is 255 g/mol. The SMILES string of the molecule is CCCOCCOC(=O)Cn1nc(C)c(N)c1C. The van der Waals surface area contributed by atoms with Crippen LogP contribution in [0.25, 0.3) is 0 Å². The van der Waals surface area contributed by atoms with Gasteiger partial charge in [0.05, 0.1) is 23.7 Å². The van der Waals surface area contributed by atoms with E-state index in [1.165, 1.54) is 0 Å². The number of hydrogen-bond acceptors (Lipinski definition) is 5. The van der Waals surface area contributed by atoms with Crippen molar-refractivity contribution in [1.29, 1.82) is 0 Å². The molecule has 0 aromatic carbocycles. The topological polar surface area (TPSA) is 79.4 Å². The molecule has 0 saturated carbocycles. The maximum absolute atomic E-state index is 11.5. The van der Waals surface area contributed by atoms with Crippen molar-refractivity contribution in [3.05, 3.63) is 11.4 Å². The first-order valence-corrected chi connectivity index (χ1v) is 6.09. The summed E-state index contributed by atoms with van der Waals surface area (Å²) in [6.45, 7) is 7.13. The zero-order chi connectivity index (χ0) is 13.5. The average Bonchev–Trinajstić information content (AvgIpc) is 2.57. The number of aromatic nitrogens is 2. The fourth-order valence-electron chi connectivity index (χ4n) is 1.49. The summed E-state index contributed by atoms with van der Waals surface area (Å²) in [5.41, 5.74) is 7.91. The van der Waals surface area contributed by atoms with Crippen molar-refractivity contribution in [2.24, 2.45) is 0 Å². The van der Waals surface area contributed by atoms with E-state index in [4.69, 9.17) is 15.2 Å². The summed E-state index contributed by atoms with van der Waals surface area (Å²) in [7, 11) is 0. The second kappa shape index (κ2) is 7.00. The molecule has 0 spiro atoms. The minimum absolute atomic E-state index is 0.0810. The first-order chi connectivity index (χ1) is 8.56. The van der Waals surface area contributed by atoms with Gasteiger partial charge in [-0.1, -0.05) is 6.92 Å². The van der Waals surface area contributed by atoms with E-state index in [-0.39, 0.29) is 19.1 Å². The molecule has 6 heteroatoms. The molecule has 0 aliphatic rings. The molecule has 0 radical (unpaired) electrons. The van der Waals surface area contributed by atoms with Gasteiger partial charge in [-0.25, -0.2) is 0 Å². The van der Waals surface area contributed by atoms with Crippen LogP contribution in [0.15, 0.2) is 0 Å². The van der Waals surface area contributed by atoms with Gasteiger partial charge in [0, 0.05) is 6.61 Å². The highest BCUT2D eigenvalue weighted by molar-refractivity contribution is 5.69. The molecular formula is C12H21N3O3. The molecule has 0 amide bonds. The lowest BCUT2D eigenvalue weighted by Crippen LogP contribution is -2.18. The Morgan fingerprint density at radius 1 is 1.33 bits per heavy atom. The summed E-state index contributed by atoms with van der Waals surface area (Å²) in [5.74, 6) is -0.333. The first kappa shape index (κ1) is 14.5. The maximum Gasteiger partial charge on any atom is 0.327 e. The standard InChI is InChI=1S/C12H21N3O3/c1-4-5-17-6-7-18-11(16)8-15-10(3)12(13)9(2)14-15/h4-8,13H2,1-3H3. The van der Waals surface area contributed by atoms with E-state index >= 15 is 0 Å². The third kappa shape index (κ3) is 4.03. The number of ether oxygens (including phenoxy) is 2. The Hall–Kier alpha value is -1.56. The quantitative estimate of drug-likeness (QED) is 0.582. The molecule has 1 rings (SSSR count). The summed E-state index contributed by atoms with van der Waals surface area (Å²) >= 11 is 0. The molecule has 0 bridgehead atoms. The molecule has 0 atom stereocenters. The molecule has 1 aromatic heterocycles. The molecule has 1 heterocycles. The van der Waals surface area contributed by atoms with E-state index < -0.39 is 0 Å². The minimum atomic E-state index is -0.333. The van der Waals surface area contributed by atoms with Crippen LogP contribution in [0.1, 0.15) is 24.7 Å². The van der Waals surface area contributed by atoms with Gasteiger partial charge in [-0.05, 0) is 20.3 Å². The number of aryl methyl sites for hydroxylation is 1. The van der Waals surface area contributed by atoms with E-state index in [1.54, 1.807) is 4.68 Å². The molecule has 2 N–H and O–H groups in total. The Morgan fingerprint density at radius 2 is 2.06 bits per heavy atom. The van der Waals surface area contributed by atoms with Gasteiger partial charge in [0.2, 0.25) is 0 Å². The molecule has 0 aliphatic carbocycles. The fraction of sp³-hybridized carbons (Fsp3) is 0.667.